The summed E-state index contributed by atoms with van der Waals surface area (Å²) in [6.07, 6.45) is 4.27. The van der Waals surface area contributed by atoms with Crippen molar-refractivity contribution in [3.63, 3.8) is 0 Å². The summed E-state index contributed by atoms with van der Waals surface area (Å²) in [6.45, 7) is 0.169. The minimum Gasteiger partial charge on any atom is -0.496 e. The van der Waals surface area contributed by atoms with E-state index < -0.39 is 10.7 Å². The first-order valence-electron chi connectivity index (χ1n) is 7.79. The Kier molecular flexibility index (Phi) is 5.37. The molecule has 0 bridgehead atoms. The third kappa shape index (κ3) is 4.24. The van der Waals surface area contributed by atoms with Crippen LogP contribution in [0.2, 0.25) is 5.02 Å². The lowest BCUT2D eigenvalue weighted by atomic mass is 10.1. The summed E-state index contributed by atoms with van der Waals surface area (Å²) in [5.41, 5.74) is 0.446. The van der Waals surface area contributed by atoms with E-state index in [1.54, 1.807) is 36.4 Å². The van der Waals surface area contributed by atoms with Gasteiger partial charge in [-0.25, -0.2) is 0 Å². The van der Waals surface area contributed by atoms with Crippen molar-refractivity contribution in [3.8, 4) is 5.75 Å². The van der Waals surface area contributed by atoms with Crippen LogP contribution in [0.1, 0.15) is 21.9 Å². The molecule has 0 spiro atoms. The number of ether oxygens (including phenoxy) is 1. The van der Waals surface area contributed by atoms with E-state index in [4.69, 9.17) is 20.8 Å². The van der Waals surface area contributed by atoms with Gasteiger partial charge in [0.25, 0.3) is 0 Å². The van der Waals surface area contributed by atoms with Gasteiger partial charge in [0, 0.05) is 0 Å². The molecule has 0 fully saturated rings. The predicted octanol–water partition coefficient (Wildman–Crippen LogP) is 3.99. The fraction of sp³-hybridized carbons (Fsp3) is 0.111. The number of furan rings is 1. The van der Waals surface area contributed by atoms with Crippen LogP contribution in [-0.4, -0.2) is 27.6 Å². The fourth-order valence-corrected chi connectivity index (χ4v) is 2.64. The van der Waals surface area contributed by atoms with Gasteiger partial charge in [0.15, 0.2) is 10.8 Å². The molecule has 0 amide bonds. The largest absolute Gasteiger partial charge is 0.496 e. The van der Waals surface area contributed by atoms with E-state index in [-0.39, 0.29) is 17.4 Å². The van der Waals surface area contributed by atoms with Crippen LogP contribution < -0.4 is 4.74 Å². The zero-order chi connectivity index (χ0) is 19.4. The number of methoxy groups -OCH3 is 1. The minimum atomic E-state index is -0.654. The fourth-order valence-electron chi connectivity index (χ4n) is 2.42. The Morgan fingerprint density at radius 2 is 2.15 bits per heavy atom. The number of hydrogen-bond donors (Lipinski definition) is 0. The standard InChI is InChI=1S/C18H14ClN3O5/c1-26-17-5-3-2-4-14(17)16(23)9-8-12-6-7-13(27-12)10-21-11-15(19)18(20-21)22(24)25/h2-9,11H,10H2,1H3/b9-8+. The third-order valence-electron chi connectivity index (χ3n) is 3.64. The maximum absolute atomic E-state index is 12.3. The van der Waals surface area contributed by atoms with Crippen LogP contribution in [-0.2, 0) is 6.54 Å². The summed E-state index contributed by atoms with van der Waals surface area (Å²) >= 11 is 5.76. The Hall–Kier alpha value is -3.39. The number of rotatable bonds is 7. The molecule has 3 rings (SSSR count). The summed E-state index contributed by atoms with van der Waals surface area (Å²) in [5, 5.41) is 14.5. The van der Waals surface area contributed by atoms with Gasteiger partial charge in [0.2, 0.25) is 0 Å². The number of halogens is 1. The van der Waals surface area contributed by atoms with E-state index >= 15 is 0 Å². The molecule has 0 saturated carbocycles. The average Bonchev–Trinajstić information content (AvgIpc) is 3.26. The Morgan fingerprint density at radius 3 is 2.85 bits per heavy atom. The molecular weight excluding hydrogens is 374 g/mol. The van der Waals surface area contributed by atoms with Gasteiger partial charge < -0.3 is 19.3 Å². The van der Waals surface area contributed by atoms with Gasteiger partial charge in [-0.2, -0.15) is 4.68 Å². The normalized spacial score (nSPS) is 11.0. The molecule has 2 heterocycles. The van der Waals surface area contributed by atoms with E-state index in [0.29, 0.717) is 22.8 Å². The Bertz CT molecular complexity index is 1020. The second kappa shape index (κ2) is 7.88. The quantitative estimate of drug-likeness (QED) is 0.263. The number of benzene rings is 1. The first kappa shape index (κ1) is 18.4. The zero-order valence-corrected chi connectivity index (χ0v) is 14.9. The number of para-hydroxylation sites is 1. The lowest BCUT2D eigenvalue weighted by molar-refractivity contribution is -0.389. The highest BCUT2D eigenvalue weighted by Gasteiger charge is 2.19. The molecule has 2 aromatic heterocycles. The Balaban J connectivity index is 1.70. The van der Waals surface area contributed by atoms with Crippen molar-refractivity contribution in [1.82, 2.24) is 9.78 Å². The molecular formula is C18H14ClN3O5. The van der Waals surface area contributed by atoms with Gasteiger partial charge in [-0.15, -0.1) is 0 Å². The van der Waals surface area contributed by atoms with Crippen LogP contribution in [0.15, 0.2) is 53.1 Å². The number of nitro groups is 1. The Labute approximate surface area is 158 Å². The lowest BCUT2D eigenvalue weighted by Gasteiger charge is -2.03. The molecule has 27 heavy (non-hydrogen) atoms. The van der Waals surface area contributed by atoms with Crippen molar-refractivity contribution >= 4 is 29.3 Å². The highest BCUT2D eigenvalue weighted by Crippen LogP contribution is 2.22. The lowest BCUT2D eigenvalue weighted by Crippen LogP contribution is -2.00. The maximum Gasteiger partial charge on any atom is 0.408 e. The molecule has 9 heteroatoms. The first-order chi connectivity index (χ1) is 13.0. The van der Waals surface area contributed by atoms with Crippen LogP contribution in [0.25, 0.3) is 6.08 Å². The number of allylic oxidation sites excluding steroid dienone is 1. The number of ketones is 1. The molecule has 3 aromatic rings. The number of carbonyl (C=O) groups is 1. The Morgan fingerprint density at radius 1 is 1.37 bits per heavy atom. The second-order valence-corrected chi connectivity index (χ2v) is 5.86. The van der Waals surface area contributed by atoms with Crippen LogP contribution in [0, 0.1) is 10.1 Å². The molecule has 0 atom stereocenters. The van der Waals surface area contributed by atoms with Crippen molar-refractivity contribution in [3.05, 3.63) is 80.9 Å². The zero-order valence-electron chi connectivity index (χ0n) is 14.2. The molecule has 0 N–H and O–H groups in total. The molecule has 0 radical (unpaired) electrons. The van der Waals surface area contributed by atoms with Gasteiger partial charge >= 0.3 is 5.82 Å². The number of aromatic nitrogens is 2. The van der Waals surface area contributed by atoms with E-state index in [9.17, 15) is 14.9 Å². The minimum absolute atomic E-state index is 0.0471. The highest BCUT2D eigenvalue weighted by molar-refractivity contribution is 6.32. The SMILES string of the molecule is COc1ccccc1C(=O)/C=C/c1ccc(Cn2cc(Cl)c([N+](=O)[O-])n2)o1. The third-order valence-corrected chi connectivity index (χ3v) is 3.91. The highest BCUT2D eigenvalue weighted by atomic mass is 35.5. The molecule has 1 aromatic carbocycles. The molecule has 0 unspecified atom stereocenters. The molecule has 0 aliphatic rings. The van der Waals surface area contributed by atoms with E-state index in [1.807, 2.05) is 0 Å². The molecule has 138 valence electrons. The van der Waals surface area contributed by atoms with Gasteiger partial charge in [0.05, 0.1) is 24.0 Å². The maximum atomic E-state index is 12.3. The van der Waals surface area contributed by atoms with Crippen LogP contribution in [0.4, 0.5) is 5.82 Å². The average molecular weight is 388 g/mol. The number of hydrogen-bond acceptors (Lipinski definition) is 6. The van der Waals surface area contributed by atoms with Crippen LogP contribution in [0.3, 0.4) is 0 Å². The van der Waals surface area contributed by atoms with Crippen molar-refractivity contribution in [2.45, 2.75) is 6.54 Å². The van der Waals surface area contributed by atoms with Gasteiger partial charge in [0.1, 0.15) is 23.8 Å². The predicted molar refractivity (Wildman–Crippen MR) is 98.1 cm³/mol. The first-order valence-corrected chi connectivity index (χ1v) is 8.17. The van der Waals surface area contributed by atoms with Crippen LogP contribution in [0.5, 0.6) is 5.75 Å². The molecule has 0 aliphatic heterocycles. The van der Waals surface area contributed by atoms with Crippen molar-refractivity contribution in [1.29, 1.82) is 0 Å². The summed E-state index contributed by atoms with van der Waals surface area (Å²) in [7, 11) is 1.50. The van der Waals surface area contributed by atoms with Crippen LogP contribution >= 0.6 is 11.6 Å². The number of nitrogens with zero attached hydrogens (tertiary/aromatic N) is 3. The molecule has 0 saturated heterocycles. The number of carbonyl (C=O) groups excluding carboxylic acids is 1. The summed E-state index contributed by atoms with van der Waals surface area (Å²) in [4.78, 5) is 22.4. The van der Waals surface area contributed by atoms with Crippen molar-refractivity contribution in [2.24, 2.45) is 0 Å². The van der Waals surface area contributed by atoms with Crippen molar-refractivity contribution in [2.75, 3.05) is 7.11 Å². The van der Waals surface area contributed by atoms with E-state index in [2.05, 4.69) is 5.10 Å². The second-order valence-electron chi connectivity index (χ2n) is 5.46. The molecule has 0 aliphatic carbocycles. The molecule has 8 nitrogen and oxygen atoms in total. The van der Waals surface area contributed by atoms with Gasteiger partial charge in [-0.1, -0.05) is 23.7 Å². The topological polar surface area (TPSA) is 100 Å². The summed E-state index contributed by atoms with van der Waals surface area (Å²) < 4.78 is 12.1. The monoisotopic (exact) mass is 387 g/mol. The van der Waals surface area contributed by atoms with E-state index in [0.717, 1.165) is 0 Å². The summed E-state index contributed by atoms with van der Waals surface area (Å²) in [6, 6.07) is 10.3. The summed E-state index contributed by atoms with van der Waals surface area (Å²) in [5.74, 6) is 0.824. The smallest absolute Gasteiger partial charge is 0.408 e. The van der Waals surface area contributed by atoms with E-state index in [1.165, 1.54) is 30.1 Å². The van der Waals surface area contributed by atoms with Gasteiger partial charge in [-0.3, -0.25) is 4.79 Å². The van der Waals surface area contributed by atoms with Gasteiger partial charge in [-0.05, 0) is 41.3 Å². The van der Waals surface area contributed by atoms with Crippen molar-refractivity contribution < 1.29 is 18.9 Å².